The van der Waals surface area contributed by atoms with Gasteiger partial charge in [-0.2, -0.15) is 5.10 Å². The predicted molar refractivity (Wildman–Crippen MR) is 101 cm³/mol. The number of aliphatic hydroxyl groups excluding tert-OH is 1. The Labute approximate surface area is 157 Å². The summed E-state index contributed by atoms with van der Waals surface area (Å²) in [4.78, 5) is 12.5. The summed E-state index contributed by atoms with van der Waals surface area (Å²) < 4.78 is 10.7. The van der Waals surface area contributed by atoms with E-state index in [0.29, 0.717) is 22.8 Å². The van der Waals surface area contributed by atoms with E-state index in [1.807, 2.05) is 42.5 Å². The standard InChI is InChI=1S/C20H21N3O4/c1-26-17-9-5-6-14(10-17)19-18(12-22-23-19)20(25)21-11-15(24)13-27-16-7-3-2-4-8-16/h2-10,12,15,24H,11,13H2,1H3,(H,21,25)(H,22,23). The maximum Gasteiger partial charge on any atom is 0.255 e. The van der Waals surface area contributed by atoms with E-state index in [9.17, 15) is 9.90 Å². The first-order chi connectivity index (χ1) is 13.2. The summed E-state index contributed by atoms with van der Waals surface area (Å²) >= 11 is 0. The van der Waals surface area contributed by atoms with Crippen molar-refractivity contribution in [2.24, 2.45) is 0 Å². The molecule has 1 atom stereocenters. The minimum Gasteiger partial charge on any atom is -0.497 e. The first-order valence-electron chi connectivity index (χ1n) is 8.49. The van der Waals surface area contributed by atoms with Crippen LogP contribution in [0.15, 0.2) is 60.8 Å². The molecule has 7 nitrogen and oxygen atoms in total. The molecule has 0 aliphatic carbocycles. The monoisotopic (exact) mass is 367 g/mol. The Morgan fingerprint density at radius 1 is 1.19 bits per heavy atom. The number of carbonyl (C=O) groups excluding carboxylic acids is 1. The van der Waals surface area contributed by atoms with E-state index >= 15 is 0 Å². The van der Waals surface area contributed by atoms with Crippen LogP contribution in [0.4, 0.5) is 0 Å². The molecule has 0 saturated heterocycles. The quantitative estimate of drug-likeness (QED) is 0.567. The average molecular weight is 367 g/mol. The lowest BCUT2D eigenvalue weighted by Gasteiger charge is -2.13. The molecule has 0 saturated carbocycles. The zero-order valence-electron chi connectivity index (χ0n) is 14.9. The molecule has 1 unspecified atom stereocenters. The number of aromatic amines is 1. The van der Waals surface area contributed by atoms with E-state index in [0.717, 1.165) is 5.56 Å². The van der Waals surface area contributed by atoms with Crippen molar-refractivity contribution >= 4 is 5.91 Å². The second kappa shape index (κ2) is 8.86. The number of para-hydroxylation sites is 1. The van der Waals surface area contributed by atoms with Gasteiger partial charge in [0.2, 0.25) is 0 Å². The maximum absolute atomic E-state index is 12.5. The predicted octanol–water partition coefficient (Wildman–Crippen LogP) is 2.25. The van der Waals surface area contributed by atoms with Gasteiger partial charge in [0.05, 0.1) is 24.6 Å². The molecule has 3 N–H and O–H groups in total. The van der Waals surface area contributed by atoms with E-state index < -0.39 is 6.10 Å². The molecule has 3 aromatic rings. The fourth-order valence-corrected chi connectivity index (χ4v) is 2.53. The van der Waals surface area contributed by atoms with Gasteiger partial charge >= 0.3 is 0 Å². The summed E-state index contributed by atoms with van der Waals surface area (Å²) in [6.45, 7) is 0.146. The second-order valence-electron chi connectivity index (χ2n) is 5.88. The highest BCUT2D eigenvalue weighted by atomic mass is 16.5. The molecule has 1 aromatic heterocycles. The van der Waals surface area contributed by atoms with E-state index in [2.05, 4.69) is 15.5 Å². The highest BCUT2D eigenvalue weighted by Crippen LogP contribution is 2.24. The van der Waals surface area contributed by atoms with E-state index in [-0.39, 0.29) is 19.1 Å². The minimum atomic E-state index is -0.832. The smallest absolute Gasteiger partial charge is 0.255 e. The highest BCUT2D eigenvalue weighted by Gasteiger charge is 2.17. The number of carbonyl (C=O) groups is 1. The molecule has 0 radical (unpaired) electrons. The Balaban J connectivity index is 1.58. The Morgan fingerprint density at radius 2 is 1.96 bits per heavy atom. The van der Waals surface area contributed by atoms with Gasteiger partial charge in [-0.3, -0.25) is 9.89 Å². The molecular formula is C20H21N3O4. The van der Waals surface area contributed by atoms with Crippen LogP contribution in [0.5, 0.6) is 11.5 Å². The van der Waals surface area contributed by atoms with Gasteiger partial charge in [0.1, 0.15) is 24.2 Å². The number of ether oxygens (including phenoxy) is 2. The van der Waals surface area contributed by atoms with Crippen LogP contribution in [0, 0.1) is 0 Å². The molecule has 2 aromatic carbocycles. The highest BCUT2D eigenvalue weighted by molar-refractivity contribution is 5.99. The lowest BCUT2D eigenvalue weighted by atomic mass is 10.1. The van der Waals surface area contributed by atoms with Gasteiger partial charge < -0.3 is 19.9 Å². The van der Waals surface area contributed by atoms with Gasteiger partial charge in [-0.25, -0.2) is 0 Å². The number of nitrogens with one attached hydrogen (secondary N) is 2. The number of aliphatic hydroxyl groups is 1. The maximum atomic E-state index is 12.5. The van der Waals surface area contributed by atoms with Gasteiger partial charge in [-0.05, 0) is 24.3 Å². The number of H-pyrrole nitrogens is 1. The zero-order chi connectivity index (χ0) is 19.1. The summed E-state index contributed by atoms with van der Waals surface area (Å²) in [7, 11) is 1.58. The van der Waals surface area contributed by atoms with Crippen LogP contribution < -0.4 is 14.8 Å². The first-order valence-corrected chi connectivity index (χ1v) is 8.49. The third kappa shape index (κ3) is 4.86. The Morgan fingerprint density at radius 3 is 2.74 bits per heavy atom. The normalized spacial score (nSPS) is 11.6. The molecule has 7 heteroatoms. The molecule has 1 amide bonds. The van der Waals surface area contributed by atoms with Crippen molar-refractivity contribution in [1.29, 1.82) is 0 Å². The van der Waals surface area contributed by atoms with Crippen molar-refractivity contribution in [3.63, 3.8) is 0 Å². The van der Waals surface area contributed by atoms with Crippen molar-refractivity contribution in [1.82, 2.24) is 15.5 Å². The largest absolute Gasteiger partial charge is 0.497 e. The summed E-state index contributed by atoms with van der Waals surface area (Å²) in [6, 6.07) is 16.5. The first kappa shape index (κ1) is 18.5. The molecule has 0 spiro atoms. The van der Waals surface area contributed by atoms with Crippen molar-refractivity contribution < 1.29 is 19.4 Å². The van der Waals surface area contributed by atoms with E-state index in [4.69, 9.17) is 9.47 Å². The van der Waals surface area contributed by atoms with Crippen molar-refractivity contribution in [3.8, 4) is 22.8 Å². The number of rotatable bonds is 8. The number of nitrogens with zero attached hydrogens (tertiary/aromatic N) is 1. The molecule has 1 heterocycles. The van der Waals surface area contributed by atoms with Crippen molar-refractivity contribution in [2.75, 3.05) is 20.3 Å². The molecular weight excluding hydrogens is 346 g/mol. The van der Waals surface area contributed by atoms with Gasteiger partial charge in [0, 0.05) is 12.1 Å². The van der Waals surface area contributed by atoms with Crippen molar-refractivity contribution in [3.05, 3.63) is 66.4 Å². The van der Waals surface area contributed by atoms with Crippen molar-refractivity contribution in [2.45, 2.75) is 6.10 Å². The molecule has 0 bridgehead atoms. The van der Waals surface area contributed by atoms with Crippen LogP contribution in [0.3, 0.4) is 0 Å². The summed E-state index contributed by atoms with van der Waals surface area (Å²) in [5.41, 5.74) is 1.76. The fraction of sp³-hybridized carbons (Fsp3) is 0.200. The number of aromatic nitrogens is 2. The number of hydrogen-bond acceptors (Lipinski definition) is 5. The summed E-state index contributed by atoms with van der Waals surface area (Å²) in [5, 5.41) is 19.5. The zero-order valence-corrected chi connectivity index (χ0v) is 14.9. The topological polar surface area (TPSA) is 96.5 Å². The van der Waals surface area contributed by atoms with Crippen LogP contribution in [-0.4, -0.2) is 47.6 Å². The van der Waals surface area contributed by atoms with Crippen LogP contribution in [0.1, 0.15) is 10.4 Å². The molecule has 140 valence electrons. The molecule has 27 heavy (non-hydrogen) atoms. The van der Waals surface area contributed by atoms with Gasteiger partial charge in [-0.1, -0.05) is 30.3 Å². The second-order valence-corrected chi connectivity index (χ2v) is 5.88. The number of benzene rings is 2. The molecule has 0 aliphatic rings. The van der Waals surface area contributed by atoms with Gasteiger partial charge in [0.15, 0.2) is 0 Å². The van der Waals surface area contributed by atoms with Gasteiger partial charge in [-0.15, -0.1) is 0 Å². The average Bonchev–Trinajstić information content (AvgIpc) is 3.21. The SMILES string of the molecule is COc1cccc(-c2[nH]ncc2C(=O)NCC(O)COc2ccccc2)c1. The van der Waals surface area contributed by atoms with E-state index in [1.165, 1.54) is 6.20 Å². The molecule has 0 aliphatic heterocycles. The fourth-order valence-electron chi connectivity index (χ4n) is 2.53. The minimum absolute atomic E-state index is 0.0639. The Kier molecular flexibility index (Phi) is 6.06. The van der Waals surface area contributed by atoms with Gasteiger partial charge in [0.25, 0.3) is 5.91 Å². The van der Waals surface area contributed by atoms with Crippen LogP contribution in [-0.2, 0) is 0 Å². The van der Waals surface area contributed by atoms with Crippen LogP contribution >= 0.6 is 0 Å². The lowest BCUT2D eigenvalue weighted by Crippen LogP contribution is -2.35. The molecule has 3 rings (SSSR count). The molecule has 0 fully saturated rings. The number of hydrogen-bond donors (Lipinski definition) is 3. The summed E-state index contributed by atoms with van der Waals surface area (Å²) in [6.07, 6.45) is 0.623. The number of methoxy groups -OCH3 is 1. The van der Waals surface area contributed by atoms with Crippen LogP contribution in [0.2, 0.25) is 0 Å². The van der Waals surface area contributed by atoms with Crippen LogP contribution in [0.25, 0.3) is 11.3 Å². The lowest BCUT2D eigenvalue weighted by molar-refractivity contribution is 0.0844. The Hall–Kier alpha value is -3.32. The third-order valence-electron chi connectivity index (χ3n) is 3.93. The third-order valence-corrected chi connectivity index (χ3v) is 3.93. The number of amides is 1. The van der Waals surface area contributed by atoms with E-state index in [1.54, 1.807) is 19.2 Å². The Bertz CT molecular complexity index is 880. The summed E-state index contributed by atoms with van der Waals surface area (Å²) in [5.74, 6) is 1.01.